The molecule has 0 radical (unpaired) electrons. The van der Waals surface area contributed by atoms with Crippen LogP contribution in [0.15, 0.2) is 54.6 Å². The predicted molar refractivity (Wildman–Crippen MR) is 73.6 cm³/mol. The fourth-order valence-electron chi connectivity index (χ4n) is 1.60. The fourth-order valence-corrected chi connectivity index (χ4v) is 1.60. The van der Waals surface area contributed by atoms with Crippen LogP contribution >= 0.6 is 0 Å². The molecular formula is C15H16N2O2. The number of nitrogens with zero attached hydrogens (tertiary/aromatic N) is 1. The average Bonchev–Trinajstić information content (AvgIpc) is 2.42. The Morgan fingerprint density at radius 1 is 1.05 bits per heavy atom. The summed E-state index contributed by atoms with van der Waals surface area (Å²) in [5.74, 6) is 6.77. The first-order valence-corrected chi connectivity index (χ1v) is 5.98. The van der Waals surface area contributed by atoms with E-state index in [0.717, 1.165) is 22.1 Å². The normalized spacial score (nSPS) is 10.0. The number of nitrogens with two attached hydrogens (primary N) is 1. The number of hydrazine groups is 1. The van der Waals surface area contributed by atoms with Gasteiger partial charge in [-0.25, -0.2) is 5.84 Å². The van der Waals surface area contributed by atoms with Gasteiger partial charge in [0.1, 0.15) is 11.5 Å². The maximum atomic E-state index is 11.5. The van der Waals surface area contributed by atoms with Gasteiger partial charge in [-0.15, -0.1) is 0 Å². The van der Waals surface area contributed by atoms with Crippen molar-refractivity contribution in [3.63, 3.8) is 0 Å². The zero-order valence-electron chi connectivity index (χ0n) is 10.7. The minimum atomic E-state index is -0.128. The Kier molecular flexibility index (Phi) is 4.15. The second-order valence-electron chi connectivity index (χ2n) is 4.24. The standard InChI is InChI=1S/C15H16N2O2/c1-17(16)15(18)11-12-7-9-14(10-8-12)19-13-5-3-2-4-6-13/h2-10H,11,16H2,1H3. The Morgan fingerprint density at radius 3 is 2.21 bits per heavy atom. The first-order valence-electron chi connectivity index (χ1n) is 5.98. The topological polar surface area (TPSA) is 55.6 Å². The summed E-state index contributed by atoms with van der Waals surface area (Å²) in [5.41, 5.74) is 0.905. The Morgan fingerprint density at radius 2 is 1.63 bits per heavy atom. The van der Waals surface area contributed by atoms with Crippen molar-refractivity contribution in [3.05, 3.63) is 60.2 Å². The Balaban J connectivity index is 2.01. The van der Waals surface area contributed by atoms with E-state index in [1.807, 2.05) is 54.6 Å². The molecule has 0 saturated carbocycles. The highest BCUT2D eigenvalue weighted by molar-refractivity contribution is 5.77. The van der Waals surface area contributed by atoms with Crippen LogP contribution in [0.3, 0.4) is 0 Å². The molecule has 2 rings (SSSR count). The average molecular weight is 256 g/mol. The molecule has 0 unspecified atom stereocenters. The molecule has 2 N–H and O–H groups in total. The van der Waals surface area contributed by atoms with Gasteiger partial charge in [-0.2, -0.15) is 0 Å². The quantitative estimate of drug-likeness (QED) is 0.519. The molecule has 0 heterocycles. The van der Waals surface area contributed by atoms with Crippen LogP contribution in [0.25, 0.3) is 0 Å². The van der Waals surface area contributed by atoms with E-state index < -0.39 is 0 Å². The van der Waals surface area contributed by atoms with E-state index in [4.69, 9.17) is 10.6 Å². The van der Waals surface area contributed by atoms with Gasteiger partial charge in [-0.3, -0.25) is 9.80 Å². The maximum absolute atomic E-state index is 11.5. The largest absolute Gasteiger partial charge is 0.457 e. The van der Waals surface area contributed by atoms with Crippen molar-refractivity contribution < 1.29 is 9.53 Å². The van der Waals surface area contributed by atoms with Gasteiger partial charge in [0.2, 0.25) is 5.91 Å². The molecule has 0 aromatic heterocycles. The zero-order valence-corrected chi connectivity index (χ0v) is 10.7. The number of hydrogen-bond acceptors (Lipinski definition) is 3. The number of amides is 1. The molecule has 4 heteroatoms. The van der Waals surface area contributed by atoms with Crippen LogP contribution in [-0.4, -0.2) is 18.0 Å². The number of carbonyl (C=O) groups excluding carboxylic acids is 1. The Labute approximate surface area is 112 Å². The highest BCUT2D eigenvalue weighted by Gasteiger charge is 2.06. The molecule has 0 aliphatic rings. The number of likely N-dealkylation sites (N-methyl/N-ethyl adjacent to an activating group) is 1. The molecule has 0 atom stereocenters. The zero-order chi connectivity index (χ0) is 13.7. The predicted octanol–water partition coefficient (Wildman–Crippen LogP) is 2.35. The molecule has 0 fully saturated rings. The van der Waals surface area contributed by atoms with Crippen LogP contribution in [-0.2, 0) is 11.2 Å². The number of hydrogen-bond donors (Lipinski definition) is 1. The van der Waals surface area contributed by atoms with Gasteiger partial charge in [0.15, 0.2) is 0 Å². The molecule has 0 spiro atoms. The SMILES string of the molecule is CN(N)C(=O)Cc1ccc(Oc2ccccc2)cc1. The van der Waals surface area contributed by atoms with Gasteiger partial charge in [-0.05, 0) is 29.8 Å². The van der Waals surface area contributed by atoms with Gasteiger partial charge in [0.05, 0.1) is 6.42 Å². The third-order valence-electron chi connectivity index (χ3n) is 2.65. The first-order chi connectivity index (χ1) is 9.15. The summed E-state index contributed by atoms with van der Waals surface area (Å²) in [6.07, 6.45) is 0.290. The number of para-hydroxylation sites is 1. The van der Waals surface area contributed by atoms with Crippen LogP contribution in [0.2, 0.25) is 0 Å². The maximum Gasteiger partial charge on any atom is 0.240 e. The molecule has 0 aliphatic carbocycles. The molecule has 19 heavy (non-hydrogen) atoms. The van der Waals surface area contributed by atoms with E-state index in [9.17, 15) is 4.79 Å². The highest BCUT2D eigenvalue weighted by atomic mass is 16.5. The lowest BCUT2D eigenvalue weighted by Crippen LogP contribution is -2.34. The van der Waals surface area contributed by atoms with Gasteiger partial charge >= 0.3 is 0 Å². The first kappa shape index (κ1) is 13.1. The molecule has 0 saturated heterocycles. The van der Waals surface area contributed by atoms with Crippen LogP contribution in [0, 0.1) is 0 Å². The van der Waals surface area contributed by atoms with Crippen molar-refractivity contribution in [1.82, 2.24) is 5.01 Å². The summed E-state index contributed by atoms with van der Waals surface area (Å²) >= 11 is 0. The number of carbonyl (C=O) groups is 1. The van der Waals surface area contributed by atoms with Gasteiger partial charge in [0.25, 0.3) is 0 Å². The van der Waals surface area contributed by atoms with E-state index in [2.05, 4.69) is 0 Å². The Bertz CT molecular complexity index is 536. The summed E-state index contributed by atoms with van der Waals surface area (Å²) in [6.45, 7) is 0. The van der Waals surface area contributed by atoms with Crippen LogP contribution < -0.4 is 10.6 Å². The minimum Gasteiger partial charge on any atom is -0.457 e. The second-order valence-corrected chi connectivity index (χ2v) is 4.24. The molecule has 2 aromatic rings. The second kappa shape index (κ2) is 6.02. The van der Waals surface area contributed by atoms with Crippen molar-refractivity contribution in [3.8, 4) is 11.5 Å². The van der Waals surface area contributed by atoms with Crippen molar-refractivity contribution >= 4 is 5.91 Å². The Hall–Kier alpha value is -2.33. The van der Waals surface area contributed by atoms with Crippen molar-refractivity contribution in [2.24, 2.45) is 5.84 Å². The number of rotatable bonds is 4. The van der Waals surface area contributed by atoms with E-state index in [0.29, 0.717) is 6.42 Å². The summed E-state index contributed by atoms with van der Waals surface area (Å²) in [6, 6.07) is 16.9. The van der Waals surface area contributed by atoms with Gasteiger partial charge in [-0.1, -0.05) is 30.3 Å². The number of ether oxygens (including phenoxy) is 1. The molecule has 2 aromatic carbocycles. The van der Waals surface area contributed by atoms with Crippen molar-refractivity contribution in [2.45, 2.75) is 6.42 Å². The van der Waals surface area contributed by atoms with E-state index in [1.54, 1.807) is 0 Å². The van der Waals surface area contributed by atoms with Gasteiger partial charge in [0, 0.05) is 7.05 Å². The molecule has 98 valence electrons. The van der Waals surface area contributed by atoms with E-state index in [-0.39, 0.29) is 5.91 Å². The molecular weight excluding hydrogens is 240 g/mol. The molecule has 0 bridgehead atoms. The third-order valence-corrected chi connectivity index (χ3v) is 2.65. The molecule has 1 amide bonds. The third kappa shape index (κ3) is 3.82. The smallest absolute Gasteiger partial charge is 0.240 e. The molecule has 0 aliphatic heterocycles. The lowest BCUT2D eigenvalue weighted by atomic mass is 10.1. The molecule has 4 nitrogen and oxygen atoms in total. The minimum absolute atomic E-state index is 0.128. The van der Waals surface area contributed by atoms with E-state index >= 15 is 0 Å². The highest BCUT2D eigenvalue weighted by Crippen LogP contribution is 2.21. The number of benzene rings is 2. The fraction of sp³-hybridized carbons (Fsp3) is 0.133. The monoisotopic (exact) mass is 256 g/mol. The summed E-state index contributed by atoms with van der Waals surface area (Å²) in [7, 11) is 1.54. The van der Waals surface area contributed by atoms with Crippen molar-refractivity contribution in [2.75, 3.05) is 7.05 Å². The van der Waals surface area contributed by atoms with Crippen LogP contribution in [0.4, 0.5) is 0 Å². The summed E-state index contributed by atoms with van der Waals surface area (Å²) in [5, 5.41) is 1.09. The summed E-state index contributed by atoms with van der Waals surface area (Å²) in [4.78, 5) is 11.5. The lowest BCUT2D eigenvalue weighted by molar-refractivity contribution is -0.129. The lowest BCUT2D eigenvalue weighted by Gasteiger charge is -2.10. The van der Waals surface area contributed by atoms with Gasteiger partial charge < -0.3 is 4.74 Å². The van der Waals surface area contributed by atoms with Crippen molar-refractivity contribution in [1.29, 1.82) is 0 Å². The van der Waals surface area contributed by atoms with Crippen LogP contribution in [0.5, 0.6) is 11.5 Å². The summed E-state index contributed by atoms with van der Waals surface area (Å²) < 4.78 is 5.67. The van der Waals surface area contributed by atoms with E-state index in [1.165, 1.54) is 7.05 Å². The van der Waals surface area contributed by atoms with Crippen LogP contribution in [0.1, 0.15) is 5.56 Å².